The van der Waals surface area contributed by atoms with E-state index in [2.05, 4.69) is 4.72 Å². The lowest BCUT2D eigenvalue weighted by Gasteiger charge is -2.15. The molecule has 0 saturated heterocycles. The smallest absolute Gasteiger partial charge is 0.240 e. The van der Waals surface area contributed by atoms with Gasteiger partial charge in [0.1, 0.15) is 5.75 Å². The number of aliphatic hydroxyl groups excluding tert-OH is 1. The van der Waals surface area contributed by atoms with Crippen LogP contribution in [0.5, 0.6) is 5.75 Å². The molecule has 1 aromatic carbocycles. The number of ether oxygens (including phenoxy) is 2. The number of hydrogen-bond acceptors (Lipinski definition) is 5. The van der Waals surface area contributed by atoms with Gasteiger partial charge in [0.05, 0.1) is 25.2 Å². The van der Waals surface area contributed by atoms with Crippen LogP contribution >= 0.6 is 0 Å². The van der Waals surface area contributed by atoms with Crippen LogP contribution in [0, 0.1) is 0 Å². The van der Waals surface area contributed by atoms with E-state index in [0.29, 0.717) is 24.5 Å². The molecule has 0 aliphatic rings. The Kier molecular flexibility index (Phi) is 6.41. The van der Waals surface area contributed by atoms with Gasteiger partial charge in [-0.15, -0.1) is 0 Å². The van der Waals surface area contributed by atoms with Crippen molar-refractivity contribution < 1.29 is 23.0 Å². The highest BCUT2D eigenvalue weighted by atomic mass is 32.2. The van der Waals surface area contributed by atoms with Crippen molar-refractivity contribution >= 4 is 10.0 Å². The first-order valence-electron chi connectivity index (χ1n) is 6.32. The van der Waals surface area contributed by atoms with Crippen molar-refractivity contribution in [3.63, 3.8) is 0 Å². The van der Waals surface area contributed by atoms with Crippen LogP contribution in [0.3, 0.4) is 0 Å². The quantitative estimate of drug-likeness (QED) is 0.745. The fourth-order valence-corrected chi connectivity index (χ4v) is 2.99. The first kappa shape index (κ1) is 16.9. The Hall–Kier alpha value is -1.15. The highest BCUT2D eigenvalue weighted by Gasteiger charge is 2.19. The summed E-state index contributed by atoms with van der Waals surface area (Å²) in [4.78, 5) is 0.0886. The van der Waals surface area contributed by atoms with Crippen molar-refractivity contribution in [2.45, 2.75) is 31.4 Å². The van der Waals surface area contributed by atoms with E-state index >= 15 is 0 Å². The number of methoxy groups -OCH3 is 1. The molecule has 0 fully saturated rings. The molecular weight excluding hydrogens is 282 g/mol. The first-order chi connectivity index (χ1) is 9.44. The van der Waals surface area contributed by atoms with Gasteiger partial charge in [0.2, 0.25) is 10.0 Å². The Labute approximate surface area is 119 Å². The topological polar surface area (TPSA) is 84.9 Å². The van der Waals surface area contributed by atoms with Crippen molar-refractivity contribution in [2.75, 3.05) is 20.3 Å². The molecule has 0 radical (unpaired) electrons. The molecule has 1 unspecified atom stereocenters. The molecule has 0 bridgehead atoms. The van der Waals surface area contributed by atoms with E-state index in [1.807, 2.05) is 6.92 Å². The maximum Gasteiger partial charge on any atom is 0.240 e. The second-order valence-corrected chi connectivity index (χ2v) is 6.03. The van der Waals surface area contributed by atoms with Crippen LogP contribution in [0.25, 0.3) is 0 Å². The average Bonchev–Trinajstić information content (AvgIpc) is 2.43. The van der Waals surface area contributed by atoms with Crippen LogP contribution in [0.2, 0.25) is 0 Å². The number of nitrogens with one attached hydrogen (secondary N) is 1. The van der Waals surface area contributed by atoms with Gasteiger partial charge in [0, 0.05) is 18.2 Å². The van der Waals surface area contributed by atoms with Gasteiger partial charge in [-0.25, -0.2) is 13.1 Å². The zero-order chi connectivity index (χ0) is 15.2. The molecule has 7 heteroatoms. The van der Waals surface area contributed by atoms with Crippen LogP contribution in [0.4, 0.5) is 0 Å². The van der Waals surface area contributed by atoms with Crippen LogP contribution in [0.1, 0.15) is 19.4 Å². The third kappa shape index (κ3) is 4.45. The van der Waals surface area contributed by atoms with Gasteiger partial charge in [0.25, 0.3) is 0 Å². The molecule has 0 aliphatic heterocycles. The first-order valence-corrected chi connectivity index (χ1v) is 7.80. The summed E-state index contributed by atoms with van der Waals surface area (Å²) in [7, 11) is -2.18. The van der Waals surface area contributed by atoms with E-state index in [0.717, 1.165) is 0 Å². The fourth-order valence-electron chi connectivity index (χ4n) is 1.71. The molecular formula is C13H21NO5S. The van der Waals surface area contributed by atoms with Crippen molar-refractivity contribution in [3.05, 3.63) is 23.8 Å². The lowest BCUT2D eigenvalue weighted by molar-refractivity contribution is 0.133. The molecule has 20 heavy (non-hydrogen) atoms. The second-order valence-electron chi connectivity index (χ2n) is 4.31. The molecule has 0 amide bonds. The Morgan fingerprint density at radius 3 is 2.65 bits per heavy atom. The summed E-state index contributed by atoms with van der Waals surface area (Å²) in [6, 6.07) is 4.02. The van der Waals surface area contributed by atoms with Crippen molar-refractivity contribution in [3.8, 4) is 5.75 Å². The summed E-state index contributed by atoms with van der Waals surface area (Å²) in [5.74, 6) is 0.453. The van der Waals surface area contributed by atoms with Gasteiger partial charge < -0.3 is 14.6 Å². The second kappa shape index (κ2) is 7.58. The molecule has 0 saturated carbocycles. The van der Waals surface area contributed by atoms with Crippen LogP contribution < -0.4 is 9.46 Å². The minimum Gasteiger partial charge on any atom is -0.496 e. The van der Waals surface area contributed by atoms with E-state index in [9.17, 15) is 13.5 Å². The number of rotatable bonds is 8. The molecule has 1 aromatic rings. The summed E-state index contributed by atoms with van der Waals surface area (Å²) in [5, 5.41) is 9.22. The summed E-state index contributed by atoms with van der Waals surface area (Å²) in [5.41, 5.74) is 0.424. The SMILES string of the molecule is CCOCC(C)NS(=O)(=O)c1ccc(OC)c(CO)c1. The maximum absolute atomic E-state index is 12.2. The van der Waals surface area contributed by atoms with Gasteiger partial charge in [0.15, 0.2) is 0 Å². The highest BCUT2D eigenvalue weighted by molar-refractivity contribution is 7.89. The summed E-state index contributed by atoms with van der Waals surface area (Å²) in [6.45, 7) is 4.12. The Morgan fingerprint density at radius 1 is 1.40 bits per heavy atom. The molecule has 1 atom stereocenters. The van der Waals surface area contributed by atoms with Crippen LogP contribution in [-0.2, 0) is 21.4 Å². The lowest BCUT2D eigenvalue weighted by atomic mass is 10.2. The average molecular weight is 303 g/mol. The van der Waals surface area contributed by atoms with Gasteiger partial charge in [-0.05, 0) is 32.0 Å². The third-order valence-electron chi connectivity index (χ3n) is 2.66. The standard InChI is InChI=1S/C13H21NO5S/c1-4-19-9-10(2)14-20(16,17)12-5-6-13(18-3)11(7-12)8-15/h5-7,10,14-15H,4,8-9H2,1-3H3. The van der Waals surface area contributed by atoms with Crippen molar-refractivity contribution in [1.29, 1.82) is 0 Å². The molecule has 0 heterocycles. The Bertz CT molecular complexity index is 530. The monoisotopic (exact) mass is 303 g/mol. The van der Waals surface area contributed by atoms with E-state index in [1.54, 1.807) is 6.92 Å². The maximum atomic E-state index is 12.2. The molecule has 114 valence electrons. The van der Waals surface area contributed by atoms with Crippen molar-refractivity contribution in [1.82, 2.24) is 4.72 Å². The van der Waals surface area contributed by atoms with Gasteiger partial charge in [-0.3, -0.25) is 0 Å². The third-order valence-corrected chi connectivity index (χ3v) is 4.25. The Balaban J connectivity index is 2.92. The Morgan fingerprint density at radius 2 is 2.10 bits per heavy atom. The van der Waals surface area contributed by atoms with Gasteiger partial charge in [-0.1, -0.05) is 0 Å². The minimum atomic E-state index is -3.64. The predicted molar refractivity (Wildman–Crippen MR) is 75.2 cm³/mol. The molecule has 2 N–H and O–H groups in total. The summed E-state index contributed by atoms with van der Waals surface area (Å²) >= 11 is 0. The normalized spacial score (nSPS) is 13.2. The van der Waals surface area contributed by atoms with E-state index in [1.165, 1.54) is 25.3 Å². The number of aliphatic hydroxyl groups is 1. The van der Waals surface area contributed by atoms with E-state index in [4.69, 9.17) is 9.47 Å². The molecule has 0 aromatic heterocycles. The molecule has 0 spiro atoms. The summed E-state index contributed by atoms with van der Waals surface area (Å²) < 4.78 is 37.1. The number of benzene rings is 1. The fraction of sp³-hybridized carbons (Fsp3) is 0.538. The van der Waals surface area contributed by atoms with E-state index < -0.39 is 10.0 Å². The molecule has 6 nitrogen and oxygen atoms in total. The van der Waals surface area contributed by atoms with Crippen LogP contribution in [-0.4, -0.2) is 39.9 Å². The zero-order valence-corrected chi connectivity index (χ0v) is 12.7. The highest BCUT2D eigenvalue weighted by Crippen LogP contribution is 2.22. The lowest BCUT2D eigenvalue weighted by Crippen LogP contribution is -2.35. The zero-order valence-electron chi connectivity index (χ0n) is 11.9. The number of sulfonamides is 1. The van der Waals surface area contributed by atoms with E-state index in [-0.39, 0.29) is 17.5 Å². The van der Waals surface area contributed by atoms with Gasteiger partial charge >= 0.3 is 0 Å². The predicted octanol–water partition coefficient (Wildman–Crippen LogP) is 0.891. The largest absolute Gasteiger partial charge is 0.496 e. The molecule has 0 aliphatic carbocycles. The summed E-state index contributed by atoms with van der Waals surface area (Å²) in [6.07, 6.45) is 0. The molecule has 1 rings (SSSR count). The van der Waals surface area contributed by atoms with Crippen molar-refractivity contribution in [2.24, 2.45) is 0 Å². The van der Waals surface area contributed by atoms with Crippen LogP contribution in [0.15, 0.2) is 23.1 Å². The van der Waals surface area contributed by atoms with Gasteiger partial charge in [-0.2, -0.15) is 0 Å². The number of hydrogen-bond donors (Lipinski definition) is 2. The minimum absolute atomic E-state index is 0.0886.